The van der Waals surface area contributed by atoms with Crippen molar-refractivity contribution in [3.05, 3.63) is 63.7 Å². The standard InChI is InChI=1S/C15H12IO.C2HF3O2/c1-17-15-9-7-13(8-10-15)11-12-16-14-5-3-2-4-6-14;3-2(4,5)1(6)7/h2-10H,1H3;(H,6,7)/q+1;/p-1. The van der Waals surface area contributed by atoms with Crippen molar-refractivity contribution in [2.75, 3.05) is 7.11 Å². The van der Waals surface area contributed by atoms with Crippen LogP contribution in [0.4, 0.5) is 13.2 Å². The van der Waals surface area contributed by atoms with Crippen molar-refractivity contribution in [2.24, 2.45) is 0 Å². The minimum Gasteiger partial charge on any atom is -0.542 e. The molecular weight excluding hydrogens is 436 g/mol. The average Bonchev–Trinajstić information content (AvgIpc) is 2.56. The molecule has 0 saturated heterocycles. The topological polar surface area (TPSA) is 49.4 Å². The summed E-state index contributed by atoms with van der Waals surface area (Å²) >= 11 is -0.203. The zero-order valence-electron chi connectivity index (χ0n) is 12.4. The van der Waals surface area contributed by atoms with E-state index in [0.29, 0.717) is 0 Å². The Balaban J connectivity index is 0.000000351. The second-order valence-corrected chi connectivity index (χ2v) is 6.45. The van der Waals surface area contributed by atoms with Crippen molar-refractivity contribution in [1.29, 1.82) is 0 Å². The highest BCUT2D eigenvalue weighted by Gasteiger charge is 2.28. The first-order chi connectivity index (χ1) is 11.3. The van der Waals surface area contributed by atoms with Crippen LogP contribution in [-0.2, 0) is 4.79 Å². The number of carboxylic acids is 1. The van der Waals surface area contributed by atoms with Crippen LogP contribution in [0.5, 0.6) is 5.75 Å². The van der Waals surface area contributed by atoms with Crippen molar-refractivity contribution in [3.8, 4) is 15.6 Å². The molecule has 3 nitrogen and oxygen atoms in total. The molecule has 0 spiro atoms. The van der Waals surface area contributed by atoms with E-state index in [-0.39, 0.29) is 21.2 Å². The predicted molar refractivity (Wildman–Crippen MR) is 76.1 cm³/mol. The highest BCUT2D eigenvalue weighted by atomic mass is 127. The van der Waals surface area contributed by atoms with E-state index in [1.165, 1.54) is 3.57 Å². The molecule has 0 atom stereocenters. The fourth-order valence-corrected chi connectivity index (χ4v) is 2.82. The van der Waals surface area contributed by atoms with Gasteiger partial charge in [0.15, 0.2) is 3.93 Å². The number of halogens is 4. The molecule has 2 rings (SSSR count). The van der Waals surface area contributed by atoms with Crippen LogP contribution in [0.1, 0.15) is 5.56 Å². The molecule has 0 aliphatic carbocycles. The summed E-state index contributed by atoms with van der Waals surface area (Å²) in [5.41, 5.74) is 1.04. The molecule has 7 heteroatoms. The van der Waals surface area contributed by atoms with Crippen molar-refractivity contribution in [2.45, 2.75) is 6.18 Å². The van der Waals surface area contributed by atoms with Gasteiger partial charge < -0.3 is 14.6 Å². The summed E-state index contributed by atoms with van der Waals surface area (Å²) in [7, 11) is 1.67. The third kappa shape index (κ3) is 7.87. The van der Waals surface area contributed by atoms with Crippen LogP contribution in [-0.4, -0.2) is 19.3 Å². The van der Waals surface area contributed by atoms with E-state index in [0.717, 1.165) is 11.3 Å². The first-order valence-electron chi connectivity index (χ1n) is 6.45. The number of alkyl halides is 3. The zero-order valence-corrected chi connectivity index (χ0v) is 14.6. The van der Waals surface area contributed by atoms with Gasteiger partial charge in [-0.1, -0.05) is 18.2 Å². The fraction of sp³-hybridized carbons (Fsp3) is 0.118. The number of rotatable bonds is 2. The van der Waals surface area contributed by atoms with Crippen LogP contribution < -0.4 is 31.0 Å². The van der Waals surface area contributed by atoms with Gasteiger partial charge in [0.25, 0.3) is 0 Å². The Morgan fingerprint density at radius 2 is 1.62 bits per heavy atom. The summed E-state index contributed by atoms with van der Waals surface area (Å²) in [6.45, 7) is 0. The molecule has 2 aromatic rings. The molecule has 0 saturated carbocycles. The molecule has 126 valence electrons. The Morgan fingerprint density at radius 3 is 2.08 bits per heavy atom. The second kappa shape index (κ2) is 9.82. The highest BCUT2D eigenvalue weighted by molar-refractivity contribution is 5.70. The van der Waals surface area contributed by atoms with Crippen molar-refractivity contribution in [1.82, 2.24) is 0 Å². The number of hydrogen-bond donors (Lipinski definition) is 0. The van der Waals surface area contributed by atoms with E-state index in [1.807, 2.05) is 30.3 Å². The van der Waals surface area contributed by atoms with E-state index in [1.54, 1.807) is 7.11 Å². The van der Waals surface area contributed by atoms with Gasteiger partial charge in [-0.3, -0.25) is 0 Å². The van der Waals surface area contributed by atoms with Gasteiger partial charge in [0.2, 0.25) is 3.57 Å². The van der Waals surface area contributed by atoms with Gasteiger partial charge in [0.1, 0.15) is 11.7 Å². The number of ether oxygens (including phenoxy) is 1. The average molecular weight is 448 g/mol. The van der Waals surface area contributed by atoms with Gasteiger partial charge in [0.05, 0.1) is 7.11 Å². The molecule has 0 heterocycles. The Kier molecular flexibility index (Phi) is 8.12. The van der Waals surface area contributed by atoms with Crippen LogP contribution in [0.3, 0.4) is 0 Å². The largest absolute Gasteiger partial charge is 0.542 e. The third-order valence-corrected chi connectivity index (χ3v) is 4.28. The number of benzene rings is 2. The van der Waals surface area contributed by atoms with Crippen LogP contribution in [0.25, 0.3) is 0 Å². The molecule has 0 N–H and O–H groups in total. The summed E-state index contributed by atoms with van der Waals surface area (Å²) in [5, 5.41) is 8.78. The van der Waals surface area contributed by atoms with Crippen molar-refractivity contribution < 1.29 is 49.0 Å². The van der Waals surface area contributed by atoms with Gasteiger partial charge in [-0.05, 0) is 42.3 Å². The summed E-state index contributed by atoms with van der Waals surface area (Å²) in [6, 6.07) is 18.3. The van der Waals surface area contributed by atoms with Gasteiger partial charge in [-0.2, -0.15) is 13.2 Å². The monoisotopic (exact) mass is 448 g/mol. The summed E-state index contributed by atoms with van der Waals surface area (Å²) in [4.78, 5) is 8.78. The second-order valence-electron chi connectivity index (χ2n) is 4.12. The van der Waals surface area contributed by atoms with E-state index in [4.69, 9.17) is 14.6 Å². The molecule has 0 amide bonds. The highest BCUT2D eigenvalue weighted by Crippen LogP contribution is 2.11. The van der Waals surface area contributed by atoms with Gasteiger partial charge in [-0.15, -0.1) is 0 Å². The summed E-state index contributed by atoms with van der Waals surface area (Å²) < 4.78 is 41.3. The summed E-state index contributed by atoms with van der Waals surface area (Å²) in [5.74, 6) is 1.05. The lowest BCUT2D eigenvalue weighted by Gasteiger charge is -2.03. The van der Waals surface area contributed by atoms with Crippen LogP contribution >= 0.6 is 0 Å². The molecule has 0 radical (unpaired) electrons. The molecule has 0 aliphatic rings. The molecular formula is C17H12F3IO3. The van der Waals surface area contributed by atoms with E-state index in [9.17, 15) is 13.2 Å². The Labute approximate surface area is 147 Å². The van der Waals surface area contributed by atoms with Gasteiger partial charge in [0, 0.05) is 5.56 Å². The van der Waals surface area contributed by atoms with Crippen molar-refractivity contribution in [3.63, 3.8) is 0 Å². The van der Waals surface area contributed by atoms with Gasteiger partial charge >= 0.3 is 27.4 Å². The minimum atomic E-state index is -5.19. The molecule has 0 aromatic heterocycles. The Morgan fingerprint density at radius 1 is 1.08 bits per heavy atom. The number of carbonyl (C=O) groups excluding carboxylic acids is 1. The molecule has 0 bridgehead atoms. The smallest absolute Gasteiger partial charge is 0.430 e. The van der Waals surface area contributed by atoms with E-state index < -0.39 is 12.1 Å². The van der Waals surface area contributed by atoms with Crippen LogP contribution in [0.15, 0.2) is 54.6 Å². The maximum absolute atomic E-state index is 10.5. The maximum Gasteiger partial charge on any atom is 0.430 e. The number of carbonyl (C=O) groups is 1. The van der Waals surface area contributed by atoms with E-state index >= 15 is 0 Å². The van der Waals surface area contributed by atoms with Crippen LogP contribution in [0, 0.1) is 13.4 Å². The first-order valence-corrected chi connectivity index (χ1v) is 8.61. The lowest BCUT2D eigenvalue weighted by molar-refractivity contribution is -0.535. The minimum absolute atomic E-state index is 0.203. The first kappa shape index (κ1) is 19.8. The van der Waals surface area contributed by atoms with E-state index in [2.05, 4.69) is 34.1 Å². The number of methoxy groups -OCH3 is 1. The number of hydrogen-bond acceptors (Lipinski definition) is 3. The van der Waals surface area contributed by atoms with Crippen LogP contribution in [0.2, 0.25) is 0 Å². The SMILES string of the molecule is COc1ccc(C#C[I+]c2ccccc2)cc1.O=C([O-])C(F)(F)F. The molecule has 0 fully saturated rings. The predicted octanol–water partition coefficient (Wildman–Crippen LogP) is -0.738. The molecule has 24 heavy (non-hydrogen) atoms. The number of carboxylic acid groups (broad SMARTS) is 1. The quantitative estimate of drug-likeness (QED) is 0.450. The molecule has 2 aromatic carbocycles. The molecule has 0 unspecified atom stereocenters. The number of aliphatic carboxylic acids is 1. The Hall–Kier alpha value is -2.21. The van der Waals surface area contributed by atoms with Gasteiger partial charge in [-0.25, -0.2) is 0 Å². The third-order valence-electron chi connectivity index (χ3n) is 2.40. The normalized spacial score (nSPS) is 9.83. The van der Waals surface area contributed by atoms with Crippen molar-refractivity contribution >= 4 is 5.97 Å². The lowest BCUT2D eigenvalue weighted by atomic mass is 10.2. The fourth-order valence-electron chi connectivity index (χ4n) is 1.28. The zero-order chi connectivity index (χ0) is 18.0. The molecule has 0 aliphatic heterocycles. The lowest BCUT2D eigenvalue weighted by Crippen LogP contribution is -3.59. The maximum atomic E-state index is 10.5. The summed E-state index contributed by atoms with van der Waals surface area (Å²) in [6.07, 6.45) is -5.19. The Bertz CT molecular complexity index is 702.